The molecule has 1 heterocycles. The number of rotatable bonds is 3. The fourth-order valence-corrected chi connectivity index (χ4v) is 1.70. The van der Waals surface area contributed by atoms with Gasteiger partial charge in [0.25, 0.3) is 0 Å². The topological polar surface area (TPSA) is 77.0 Å². The van der Waals surface area contributed by atoms with E-state index in [1.165, 1.54) is 12.1 Å². The van der Waals surface area contributed by atoms with Crippen molar-refractivity contribution in [2.24, 2.45) is 0 Å². The van der Waals surface area contributed by atoms with Crippen LogP contribution in [0.5, 0.6) is 0 Å². The molecule has 0 spiro atoms. The first-order valence-electron chi connectivity index (χ1n) is 5.34. The predicted molar refractivity (Wildman–Crippen MR) is 70.2 cm³/mol. The van der Waals surface area contributed by atoms with Crippen molar-refractivity contribution >= 4 is 29.2 Å². The van der Waals surface area contributed by atoms with Crippen LogP contribution in [0.3, 0.4) is 0 Å². The lowest BCUT2D eigenvalue weighted by Crippen LogP contribution is -2.15. The number of nitrogens with zero attached hydrogens (tertiary/aromatic N) is 2. The van der Waals surface area contributed by atoms with E-state index in [0.717, 1.165) is 4.68 Å². The molecule has 0 fully saturated rings. The highest BCUT2D eigenvalue weighted by atomic mass is 35.5. The van der Waals surface area contributed by atoms with Crippen molar-refractivity contribution in [1.29, 1.82) is 0 Å². The van der Waals surface area contributed by atoms with Crippen LogP contribution >= 0.6 is 23.2 Å². The number of H-pyrrole nitrogens is 1. The zero-order chi connectivity index (χ0) is 14.0. The normalized spacial score (nSPS) is 10.5. The van der Waals surface area contributed by atoms with Gasteiger partial charge in [0.1, 0.15) is 0 Å². The average molecular weight is 302 g/mol. The van der Waals surface area contributed by atoms with Gasteiger partial charge >= 0.3 is 11.7 Å². The summed E-state index contributed by atoms with van der Waals surface area (Å²) >= 11 is 11.6. The number of esters is 1. The maximum Gasteiger partial charge on any atom is 0.376 e. The average Bonchev–Trinajstić information content (AvgIpc) is 2.75. The Labute approximate surface area is 117 Å². The smallest absolute Gasteiger partial charge is 0.376 e. The van der Waals surface area contributed by atoms with Gasteiger partial charge in [-0.2, -0.15) is 4.68 Å². The fourth-order valence-electron chi connectivity index (χ4n) is 1.41. The minimum absolute atomic E-state index is 0.169. The van der Waals surface area contributed by atoms with E-state index in [1.807, 2.05) is 0 Å². The summed E-state index contributed by atoms with van der Waals surface area (Å²) in [6.07, 6.45) is 0. The van der Waals surface area contributed by atoms with E-state index in [-0.39, 0.29) is 17.5 Å². The molecule has 8 heteroatoms. The van der Waals surface area contributed by atoms with Gasteiger partial charge in [-0.05, 0) is 25.1 Å². The van der Waals surface area contributed by atoms with Gasteiger partial charge in [-0.1, -0.05) is 23.2 Å². The highest BCUT2D eigenvalue weighted by Crippen LogP contribution is 2.23. The summed E-state index contributed by atoms with van der Waals surface area (Å²) in [6, 6.07) is 4.57. The van der Waals surface area contributed by atoms with Crippen molar-refractivity contribution < 1.29 is 9.53 Å². The molecule has 0 aliphatic carbocycles. The van der Waals surface area contributed by atoms with Crippen LogP contribution in [-0.2, 0) is 4.74 Å². The Morgan fingerprint density at radius 2 is 2.16 bits per heavy atom. The lowest BCUT2D eigenvalue weighted by Gasteiger charge is -2.01. The molecule has 1 aromatic carbocycles. The molecule has 6 nitrogen and oxygen atoms in total. The first-order chi connectivity index (χ1) is 9.02. The molecule has 0 aliphatic rings. The van der Waals surface area contributed by atoms with Crippen molar-refractivity contribution in [1.82, 2.24) is 14.8 Å². The summed E-state index contributed by atoms with van der Waals surface area (Å²) < 4.78 is 5.75. The second kappa shape index (κ2) is 5.46. The molecule has 0 amide bonds. The molecule has 0 aliphatic heterocycles. The quantitative estimate of drug-likeness (QED) is 0.880. The van der Waals surface area contributed by atoms with Crippen LogP contribution in [0.4, 0.5) is 0 Å². The molecule has 0 radical (unpaired) electrons. The SMILES string of the molecule is CCOC(=O)c1nn(-c2ccc(Cl)c(Cl)c2)c(=O)[nH]1. The summed E-state index contributed by atoms with van der Waals surface area (Å²) in [4.78, 5) is 25.5. The third-order valence-corrected chi connectivity index (χ3v) is 2.97. The van der Waals surface area contributed by atoms with Gasteiger partial charge in [-0.3, -0.25) is 4.98 Å². The lowest BCUT2D eigenvalue weighted by molar-refractivity contribution is 0.0512. The maximum absolute atomic E-state index is 11.7. The van der Waals surface area contributed by atoms with Crippen molar-refractivity contribution in [2.45, 2.75) is 6.92 Å². The number of carbonyl (C=O) groups excluding carboxylic acids is 1. The Hall–Kier alpha value is -1.79. The first kappa shape index (κ1) is 13.6. The Balaban J connectivity index is 2.43. The predicted octanol–water partition coefficient (Wildman–Crippen LogP) is 2.04. The van der Waals surface area contributed by atoms with E-state index in [0.29, 0.717) is 10.7 Å². The maximum atomic E-state index is 11.7. The van der Waals surface area contributed by atoms with Crippen molar-refractivity contribution in [3.05, 3.63) is 44.6 Å². The van der Waals surface area contributed by atoms with Gasteiger partial charge in [-0.25, -0.2) is 9.59 Å². The van der Waals surface area contributed by atoms with Crippen LogP contribution in [-0.4, -0.2) is 27.3 Å². The van der Waals surface area contributed by atoms with E-state index >= 15 is 0 Å². The highest BCUT2D eigenvalue weighted by molar-refractivity contribution is 6.42. The number of ether oxygens (including phenoxy) is 1. The molecule has 19 heavy (non-hydrogen) atoms. The molecular weight excluding hydrogens is 293 g/mol. The summed E-state index contributed by atoms with van der Waals surface area (Å²) in [5, 5.41) is 4.49. The number of aromatic nitrogens is 3. The zero-order valence-corrected chi connectivity index (χ0v) is 11.3. The summed E-state index contributed by atoms with van der Waals surface area (Å²) in [6.45, 7) is 1.85. The van der Waals surface area contributed by atoms with Crippen molar-refractivity contribution in [3.8, 4) is 5.69 Å². The van der Waals surface area contributed by atoms with Gasteiger partial charge in [0, 0.05) is 0 Å². The summed E-state index contributed by atoms with van der Waals surface area (Å²) in [7, 11) is 0. The van der Waals surface area contributed by atoms with Gasteiger partial charge in [-0.15, -0.1) is 5.10 Å². The number of aromatic amines is 1. The minimum atomic E-state index is -0.696. The summed E-state index contributed by atoms with van der Waals surface area (Å²) in [5.74, 6) is -0.865. The molecular formula is C11H9Cl2N3O3. The van der Waals surface area contributed by atoms with E-state index in [1.54, 1.807) is 13.0 Å². The molecule has 0 bridgehead atoms. The Morgan fingerprint density at radius 1 is 1.42 bits per heavy atom. The second-order valence-corrected chi connectivity index (χ2v) is 4.32. The largest absolute Gasteiger partial charge is 0.460 e. The number of hydrogen-bond donors (Lipinski definition) is 1. The fraction of sp³-hybridized carbons (Fsp3) is 0.182. The number of nitrogens with one attached hydrogen (secondary N) is 1. The monoisotopic (exact) mass is 301 g/mol. The van der Waals surface area contributed by atoms with Gasteiger partial charge in [0.2, 0.25) is 5.82 Å². The van der Waals surface area contributed by atoms with Crippen molar-refractivity contribution in [3.63, 3.8) is 0 Å². The Bertz CT molecular complexity index is 678. The third-order valence-electron chi connectivity index (χ3n) is 2.23. The number of benzene rings is 1. The highest BCUT2D eigenvalue weighted by Gasteiger charge is 2.15. The number of carbonyl (C=O) groups is 1. The van der Waals surface area contributed by atoms with E-state index < -0.39 is 11.7 Å². The van der Waals surface area contributed by atoms with E-state index in [4.69, 9.17) is 27.9 Å². The standard InChI is InChI=1S/C11H9Cl2N3O3/c1-2-19-10(17)9-14-11(18)16(15-9)6-3-4-7(12)8(13)5-6/h3-5H,2H2,1H3,(H,14,15,18). The van der Waals surface area contributed by atoms with Crippen LogP contribution < -0.4 is 5.69 Å². The zero-order valence-electron chi connectivity index (χ0n) is 9.81. The van der Waals surface area contributed by atoms with E-state index in [2.05, 4.69) is 10.1 Å². The molecule has 0 saturated carbocycles. The Kier molecular flexibility index (Phi) is 3.92. The second-order valence-electron chi connectivity index (χ2n) is 3.51. The van der Waals surface area contributed by atoms with Gasteiger partial charge in [0.05, 0.1) is 22.3 Å². The first-order valence-corrected chi connectivity index (χ1v) is 6.10. The van der Waals surface area contributed by atoms with Crippen LogP contribution in [0.2, 0.25) is 10.0 Å². The third kappa shape index (κ3) is 2.80. The molecule has 2 rings (SSSR count). The molecule has 2 aromatic rings. The van der Waals surface area contributed by atoms with E-state index in [9.17, 15) is 9.59 Å². The molecule has 1 aromatic heterocycles. The van der Waals surface area contributed by atoms with Crippen LogP contribution in [0, 0.1) is 0 Å². The van der Waals surface area contributed by atoms with Crippen LogP contribution in [0.25, 0.3) is 5.69 Å². The van der Waals surface area contributed by atoms with Gasteiger partial charge < -0.3 is 4.74 Å². The van der Waals surface area contributed by atoms with Crippen LogP contribution in [0.1, 0.15) is 17.5 Å². The molecule has 0 atom stereocenters. The van der Waals surface area contributed by atoms with Crippen molar-refractivity contribution in [2.75, 3.05) is 6.61 Å². The number of halogens is 2. The van der Waals surface area contributed by atoms with Gasteiger partial charge in [0.15, 0.2) is 0 Å². The molecule has 0 unspecified atom stereocenters. The lowest BCUT2D eigenvalue weighted by atomic mass is 10.3. The minimum Gasteiger partial charge on any atom is -0.460 e. The summed E-state index contributed by atoms with van der Waals surface area (Å²) in [5.41, 5.74) is -0.173. The molecule has 100 valence electrons. The molecule has 1 N–H and O–H groups in total. The molecule has 0 saturated heterocycles. The Morgan fingerprint density at radius 3 is 2.79 bits per heavy atom. The number of hydrogen-bond acceptors (Lipinski definition) is 4. The van der Waals surface area contributed by atoms with Crippen LogP contribution in [0.15, 0.2) is 23.0 Å².